The topological polar surface area (TPSA) is 24.1 Å². The lowest BCUT2D eigenvalue weighted by atomic mass is 9.88. The summed E-state index contributed by atoms with van der Waals surface area (Å²) in [4.78, 5) is -0.346. The van der Waals surface area contributed by atoms with Crippen LogP contribution in [0.4, 0.5) is 8.78 Å². The molecule has 70 valence electrons. The van der Waals surface area contributed by atoms with Crippen LogP contribution in [-0.4, -0.2) is 35.9 Å². The average Bonchev–Trinajstić information content (AvgIpc) is 2.48. The summed E-state index contributed by atoms with van der Waals surface area (Å²) < 4.78 is 26.4. The highest BCUT2D eigenvalue weighted by Gasteiger charge is 2.46. The molecular formula is C7H11BrF2N2. The maximum atomic E-state index is 13.3. The second-order valence-corrected chi connectivity index (χ2v) is 4.53. The van der Waals surface area contributed by atoms with Crippen LogP contribution in [-0.2, 0) is 0 Å². The fraction of sp³-hybridized carbons (Fsp3) is 1.00. The Morgan fingerprint density at radius 1 is 1.17 bits per heavy atom. The van der Waals surface area contributed by atoms with Crippen molar-refractivity contribution in [2.45, 2.75) is 35.7 Å². The van der Waals surface area contributed by atoms with Crippen LogP contribution >= 0.6 is 15.9 Å². The number of rotatable bonds is 0. The summed E-state index contributed by atoms with van der Waals surface area (Å²) in [5, 5.41) is 6.00. The van der Waals surface area contributed by atoms with E-state index in [-0.39, 0.29) is 16.9 Å². The highest BCUT2D eigenvalue weighted by atomic mass is 79.9. The molecule has 0 spiro atoms. The van der Waals surface area contributed by atoms with Crippen LogP contribution in [0.3, 0.4) is 0 Å². The molecule has 1 aliphatic heterocycles. The van der Waals surface area contributed by atoms with E-state index in [0.29, 0.717) is 13.1 Å². The number of alkyl halides is 3. The molecule has 2 fully saturated rings. The van der Waals surface area contributed by atoms with Gasteiger partial charge in [-0.3, -0.25) is 10.6 Å². The van der Waals surface area contributed by atoms with E-state index in [4.69, 9.17) is 0 Å². The molecule has 5 atom stereocenters. The lowest BCUT2D eigenvalue weighted by molar-refractivity contribution is 0.0931. The zero-order valence-electron chi connectivity index (χ0n) is 6.43. The first-order valence-corrected chi connectivity index (χ1v) is 5.00. The Bertz CT molecular complexity index is 181. The molecule has 0 aromatic rings. The number of hydrogen-bond acceptors (Lipinski definition) is 2. The van der Waals surface area contributed by atoms with E-state index in [0.717, 1.165) is 0 Å². The minimum atomic E-state index is -1.39. The van der Waals surface area contributed by atoms with Gasteiger partial charge in [-0.25, -0.2) is 8.78 Å². The zero-order chi connectivity index (χ0) is 8.72. The van der Waals surface area contributed by atoms with Gasteiger partial charge in [0.25, 0.3) is 0 Å². The smallest absolute Gasteiger partial charge is 0.149 e. The predicted molar refractivity (Wildman–Crippen MR) is 45.8 cm³/mol. The molecule has 0 aromatic heterocycles. The van der Waals surface area contributed by atoms with Crippen LogP contribution < -0.4 is 10.6 Å². The molecule has 1 saturated carbocycles. The zero-order valence-corrected chi connectivity index (χ0v) is 8.02. The second-order valence-electron chi connectivity index (χ2n) is 3.36. The van der Waals surface area contributed by atoms with Crippen molar-refractivity contribution < 1.29 is 8.78 Å². The van der Waals surface area contributed by atoms with Gasteiger partial charge in [0.05, 0.1) is 10.9 Å². The van der Waals surface area contributed by atoms with Crippen molar-refractivity contribution >= 4 is 15.9 Å². The SMILES string of the molecule is FC1C(Br)CC2NCNC2C1F. The minimum absolute atomic E-state index is 0.0800. The molecule has 12 heavy (non-hydrogen) atoms. The van der Waals surface area contributed by atoms with Crippen LogP contribution in [0.1, 0.15) is 6.42 Å². The molecule has 0 aromatic carbocycles. The predicted octanol–water partition coefficient (Wildman–Crippen LogP) is 0.717. The van der Waals surface area contributed by atoms with Crippen LogP contribution in [0.25, 0.3) is 0 Å². The van der Waals surface area contributed by atoms with Crippen molar-refractivity contribution in [3.63, 3.8) is 0 Å². The number of nitrogens with one attached hydrogen (secondary N) is 2. The third kappa shape index (κ3) is 1.28. The van der Waals surface area contributed by atoms with Gasteiger partial charge in [0.15, 0.2) is 0 Å². The van der Waals surface area contributed by atoms with Gasteiger partial charge in [-0.15, -0.1) is 0 Å². The Kier molecular flexibility index (Phi) is 2.35. The third-order valence-electron chi connectivity index (χ3n) is 2.61. The summed E-state index contributed by atoms with van der Waals surface area (Å²) in [7, 11) is 0. The van der Waals surface area contributed by atoms with Crippen LogP contribution in [0.2, 0.25) is 0 Å². The largest absolute Gasteiger partial charge is 0.300 e. The van der Waals surface area contributed by atoms with Crippen molar-refractivity contribution in [3.05, 3.63) is 0 Å². The number of fused-ring (bicyclic) bond motifs is 1. The molecule has 0 bridgehead atoms. The summed E-state index contributed by atoms with van der Waals surface area (Å²) in [6, 6.07) is -0.259. The Labute approximate surface area is 78.2 Å². The fourth-order valence-electron chi connectivity index (χ4n) is 1.91. The van der Waals surface area contributed by atoms with E-state index in [1.165, 1.54) is 0 Å². The van der Waals surface area contributed by atoms with E-state index in [1.54, 1.807) is 0 Å². The normalized spacial score (nSPS) is 53.8. The van der Waals surface area contributed by atoms with Crippen molar-refractivity contribution in [2.75, 3.05) is 6.67 Å². The first kappa shape index (κ1) is 8.84. The Morgan fingerprint density at radius 2 is 1.92 bits per heavy atom. The van der Waals surface area contributed by atoms with Gasteiger partial charge in [-0.05, 0) is 6.42 Å². The first-order valence-electron chi connectivity index (χ1n) is 4.09. The molecule has 0 radical (unpaired) electrons. The molecule has 5 heteroatoms. The quantitative estimate of drug-likeness (QED) is 0.610. The average molecular weight is 241 g/mol. The lowest BCUT2D eigenvalue weighted by Crippen LogP contribution is -2.54. The Balaban J connectivity index is 2.10. The van der Waals surface area contributed by atoms with Crippen molar-refractivity contribution in [1.82, 2.24) is 10.6 Å². The molecule has 2 nitrogen and oxygen atoms in total. The maximum absolute atomic E-state index is 13.3. The molecule has 2 N–H and O–H groups in total. The summed E-state index contributed by atoms with van der Waals surface area (Å²) >= 11 is 3.15. The van der Waals surface area contributed by atoms with E-state index >= 15 is 0 Å². The molecule has 1 saturated heterocycles. The first-order chi connectivity index (χ1) is 5.70. The van der Waals surface area contributed by atoms with Crippen molar-refractivity contribution in [1.29, 1.82) is 0 Å². The summed E-state index contributed by atoms with van der Waals surface area (Å²) in [5.41, 5.74) is 0. The van der Waals surface area contributed by atoms with Gasteiger partial charge in [0.1, 0.15) is 12.3 Å². The fourth-order valence-corrected chi connectivity index (χ4v) is 2.61. The monoisotopic (exact) mass is 240 g/mol. The highest BCUT2D eigenvalue weighted by Crippen LogP contribution is 2.31. The van der Waals surface area contributed by atoms with E-state index in [9.17, 15) is 8.78 Å². The lowest BCUT2D eigenvalue weighted by Gasteiger charge is -2.34. The van der Waals surface area contributed by atoms with E-state index in [2.05, 4.69) is 26.6 Å². The molecule has 2 rings (SSSR count). The minimum Gasteiger partial charge on any atom is -0.300 e. The Hall–Kier alpha value is 0.260. The van der Waals surface area contributed by atoms with Crippen LogP contribution in [0.15, 0.2) is 0 Å². The number of halogens is 3. The van der Waals surface area contributed by atoms with Gasteiger partial charge < -0.3 is 0 Å². The van der Waals surface area contributed by atoms with Gasteiger partial charge >= 0.3 is 0 Å². The molecule has 1 heterocycles. The molecule has 5 unspecified atom stereocenters. The molecule has 1 aliphatic carbocycles. The molecule has 2 aliphatic rings. The van der Waals surface area contributed by atoms with E-state index < -0.39 is 12.3 Å². The van der Waals surface area contributed by atoms with Crippen molar-refractivity contribution in [3.8, 4) is 0 Å². The van der Waals surface area contributed by atoms with Crippen LogP contribution in [0.5, 0.6) is 0 Å². The highest BCUT2D eigenvalue weighted by molar-refractivity contribution is 9.09. The van der Waals surface area contributed by atoms with Gasteiger partial charge in [-0.2, -0.15) is 0 Å². The molecule has 0 amide bonds. The van der Waals surface area contributed by atoms with E-state index in [1.807, 2.05) is 0 Å². The standard InChI is InChI=1S/C7H11BrF2N2/c8-3-1-4-7(12-2-11-4)6(10)5(3)9/h3-7,11-12H,1-2H2. The third-order valence-corrected chi connectivity index (χ3v) is 3.49. The summed E-state index contributed by atoms with van der Waals surface area (Å²) in [6.07, 6.45) is -2.11. The van der Waals surface area contributed by atoms with Gasteiger partial charge in [-0.1, -0.05) is 15.9 Å². The number of hydrogen-bond donors (Lipinski definition) is 2. The Morgan fingerprint density at radius 3 is 2.67 bits per heavy atom. The summed E-state index contributed by atoms with van der Waals surface area (Å²) in [6.45, 7) is 0.586. The van der Waals surface area contributed by atoms with Crippen molar-refractivity contribution in [2.24, 2.45) is 0 Å². The second kappa shape index (κ2) is 3.20. The molecular weight excluding hydrogens is 230 g/mol. The van der Waals surface area contributed by atoms with Gasteiger partial charge in [0.2, 0.25) is 0 Å². The van der Waals surface area contributed by atoms with Gasteiger partial charge in [0, 0.05) is 12.7 Å². The maximum Gasteiger partial charge on any atom is 0.149 e. The van der Waals surface area contributed by atoms with Crippen LogP contribution in [0, 0.1) is 0 Å². The summed E-state index contributed by atoms with van der Waals surface area (Å²) in [5.74, 6) is 0.